The Morgan fingerprint density at radius 2 is 1.06 bits per heavy atom. The maximum Gasteiger partial charge on any atom is 0.472 e. The molecule has 0 spiro atoms. The molecule has 1 N–H and O–H groups in total. The molecule has 1 unspecified atom stereocenters. The highest BCUT2D eigenvalue weighted by atomic mass is 31.2. The lowest BCUT2D eigenvalue weighted by molar-refractivity contribution is -0.870. The van der Waals surface area contributed by atoms with Crippen molar-refractivity contribution in [3.8, 4) is 0 Å². The molecule has 0 fully saturated rings. The lowest BCUT2D eigenvalue weighted by Crippen LogP contribution is -2.37. The summed E-state index contributed by atoms with van der Waals surface area (Å²) < 4.78 is 34.2. The van der Waals surface area contributed by atoms with Crippen LogP contribution in [0, 0.1) is 0 Å². The zero-order valence-corrected chi connectivity index (χ0v) is 35.6. The second-order valence-corrected chi connectivity index (χ2v) is 16.1. The summed E-state index contributed by atoms with van der Waals surface area (Å²) in [5.74, 6) is -0.857. The Kier molecular flexibility index (Phi) is 34.4. The van der Waals surface area contributed by atoms with Crippen molar-refractivity contribution in [1.29, 1.82) is 0 Å². The molecule has 0 rings (SSSR count). The Hall–Kier alpha value is -2.55. The molecule has 0 aromatic carbocycles. The van der Waals surface area contributed by atoms with Crippen LogP contribution < -0.4 is 0 Å². The number of hydrogen-bond donors (Lipinski definition) is 1. The molecule has 0 amide bonds. The normalized spacial score (nSPS) is 14.4. The van der Waals surface area contributed by atoms with E-state index in [0.29, 0.717) is 23.9 Å². The number of phosphoric acid groups is 1. The van der Waals surface area contributed by atoms with Gasteiger partial charge in [-0.3, -0.25) is 18.6 Å². The number of nitrogens with zero attached hydrogens (tertiary/aromatic N) is 1. The molecule has 0 radical (unpaired) electrons. The smallest absolute Gasteiger partial charge is 0.462 e. The summed E-state index contributed by atoms with van der Waals surface area (Å²) in [5.41, 5.74) is 0. The molecule has 0 aliphatic heterocycles. The summed E-state index contributed by atoms with van der Waals surface area (Å²) in [6, 6.07) is 0. The monoisotopic (exact) mass is 779 g/mol. The first-order valence-corrected chi connectivity index (χ1v) is 22.2. The van der Waals surface area contributed by atoms with E-state index in [0.717, 1.165) is 89.9 Å². The number of unbranched alkanes of at least 4 members (excludes halogenated alkanes) is 10. The molecule has 0 saturated carbocycles. The summed E-state index contributed by atoms with van der Waals surface area (Å²) in [6.07, 6.45) is 43.8. The fraction of sp³-hybridized carbons (Fsp3) is 0.682. The highest BCUT2D eigenvalue weighted by molar-refractivity contribution is 7.47. The number of phosphoric ester groups is 1. The fourth-order valence-electron chi connectivity index (χ4n) is 4.96. The van der Waals surface area contributed by atoms with E-state index in [1.807, 2.05) is 21.1 Å². The number of hydrogen-bond acceptors (Lipinski definition) is 7. The number of ether oxygens (including phenoxy) is 2. The molecule has 0 heterocycles. The third-order valence-electron chi connectivity index (χ3n) is 8.22. The minimum Gasteiger partial charge on any atom is -0.462 e. The zero-order chi connectivity index (χ0) is 40.0. The van der Waals surface area contributed by atoms with Crippen molar-refractivity contribution in [2.75, 3.05) is 47.5 Å². The lowest BCUT2D eigenvalue weighted by Gasteiger charge is -2.24. The van der Waals surface area contributed by atoms with E-state index < -0.39 is 32.5 Å². The Bertz CT molecular complexity index is 1150. The number of carbonyl (C=O) groups is 2. The molecule has 0 saturated heterocycles. The van der Waals surface area contributed by atoms with Gasteiger partial charge in [0.15, 0.2) is 6.10 Å². The van der Waals surface area contributed by atoms with E-state index in [9.17, 15) is 19.0 Å². The van der Waals surface area contributed by atoms with Crippen molar-refractivity contribution in [1.82, 2.24) is 0 Å². The topological polar surface area (TPSA) is 108 Å². The first kappa shape index (κ1) is 51.5. The second-order valence-electron chi connectivity index (χ2n) is 14.6. The van der Waals surface area contributed by atoms with Gasteiger partial charge < -0.3 is 18.9 Å². The molecule has 0 bridgehead atoms. The number of likely N-dealkylation sites (N-methyl/N-ethyl adjacent to an activating group) is 1. The van der Waals surface area contributed by atoms with Gasteiger partial charge >= 0.3 is 19.8 Å². The average Bonchev–Trinajstić information content (AvgIpc) is 3.12. The van der Waals surface area contributed by atoms with Crippen LogP contribution in [0.15, 0.2) is 72.9 Å². The molecule has 310 valence electrons. The van der Waals surface area contributed by atoms with Crippen molar-refractivity contribution in [3.63, 3.8) is 0 Å². The third kappa shape index (κ3) is 39.2. The summed E-state index contributed by atoms with van der Waals surface area (Å²) in [7, 11) is 1.44. The average molecular weight is 779 g/mol. The summed E-state index contributed by atoms with van der Waals surface area (Å²) in [5, 5.41) is 0. The van der Waals surface area contributed by atoms with Crippen LogP contribution >= 0.6 is 7.82 Å². The summed E-state index contributed by atoms with van der Waals surface area (Å²) in [4.78, 5) is 35.2. The van der Waals surface area contributed by atoms with E-state index >= 15 is 0 Å². The number of rotatable bonds is 36. The quantitative estimate of drug-likeness (QED) is 0.0220. The molecule has 9 nitrogen and oxygen atoms in total. The van der Waals surface area contributed by atoms with Gasteiger partial charge in [-0.2, -0.15) is 0 Å². The van der Waals surface area contributed by atoms with E-state index in [2.05, 4.69) is 86.8 Å². The van der Waals surface area contributed by atoms with Crippen LogP contribution in [-0.2, 0) is 32.7 Å². The van der Waals surface area contributed by atoms with Gasteiger partial charge in [0, 0.05) is 12.8 Å². The van der Waals surface area contributed by atoms with Gasteiger partial charge in [0.05, 0.1) is 27.7 Å². The van der Waals surface area contributed by atoms with E-state index in [4.69, 9.17) is 18.5 Å². The number of carbonyl (C=O) groups excluding carboxylic acids is 2. The van der Waals surface area contributed by atoms with Crippen molar-refractivity contribution < 1.29 is 42.1 Å². The Labute approximate surface area is 329 Å². The van der Waals surface area contributed by atoms with Gasteiger partial charge in [-0.1, -0.05) is 125 Å². The Morgan fingerprint density at radius 1 is 0.593 bits per heavy atom. The molecular formula is C44H77NO8P+. The Balaban J connectivity index is 4.45. The SMILES string of the molecule is CC/C=C/C/C=C/C/C=C/C/C=C/C/C=C/CCCCCC(=O)OC[C@@H](COP(=O)(O)OCC[N+](C)(C)C)OC(=O)CCCCCCC/C=C/CCCC. The van der Waals surface area contributed by atoms with Crippen molar-refractivity contribution in [2.24, 2.45) is 0 Å². The van der Waals surface area contributed by atoms with Gasteiger partial charge in [-0.15, -0.1) is 0 Å². The number of esters is 2. The van der Waals surface area contributed by atoms with Crippen molar-refractivity contribution in [2.45, 2.75) is 148 Å². The van der Waals surface area contributed by atoms with Gasteiger partial charge in [0.2, 0.25) is 0 Å². The third-order valence-corrected chi connectivity index (χ3v) is 9.20. The molecule has 0 aliphatic rings. The van der Waals surface area contributed by atoms with E-state index in [1.54, 1.807) is 0 Å². The first-order valence-electron chi connectivity index (χ1n) is 20.7. The minimum absolute atomic E-state index is 0.0208. The highest BCUT2D eigenvalue weighted by Gasteiger charge is 2.27. The standard InChI is InChI=1S/C44H76NO8P/c1-6-8-10-12-14-16-18-19-20-21-22-23-24-25-27-28-30-32-34-36-43(46)50-40-42(41-52-54(48,49)51-39-38-45(3,4)5)53-44(47)37-35-33-31-29-26-17-15-13-11-9-7-2/h8,10,13-16,19-20,22-23,25,27,42H,6-7,9,11-12,17-18,21,24,26,28-41H2,1-5H3/p+1/b10-8+,15-13+,16-14+,20-19+,23-22+,27-25+/t42-/m0/s1. The van der Waals surface area contributed by atoms with Crippen molar-refractivity contribution >= 4 is 19.8 Å². The van der Waals surface area contributed by atoms with Crippen LogP contribution in [0.5, 0.6) is 0 Å². The first-order chi connectivity index (χ1) is 26.0. The Morgan fingerprint density at radius 3 is 1.61 bits per heavy atom. The van der Waals surface area contributed by atoms with Crippen LogP contribution in [0.1, 0.15) is 142 Å². The number of quaternary nitrogens is 1. The molecule has 0 aromatic heterocycles. The predicted octanol–water partition coefficient (Wildman–Crippen LogP) is 11.5. The molecule has 0 aliphatic carbocycles. The van der Waals surface area contributed by atoms with E-state index in [1.165, 1.54) is 12.8 Å². The second kappa shape index (κ2) is 36.1. The van der Waals surface area contributed by atoms with Crippen LogP contribution in [0.2, 0.25) is 0 Å². The largest absolute Gasteiger partial charge is 0.472 e. The van der Waals surface area contributed by atoms with Gasteiger partial charge in [-0.05, 0) is 77.0 Å². The lowest BCUT2D eigenvalue weighted by atomic mass is 10.1. The molecule has 10 heteroatoms. The van der Waals surface area contributed by atoms with Crippen LogP contribution in [0.3, 0.4) is 0 Å². The molecular weight excluding hydrogens is 701 g/mol. The van der Waals surface area contributed by atoms with Gasteiger partial charge in [0.25, 0.3) is 0 Å². The minimum atomic E-state index is -4.38. The summed E-state index contributed by atoms with van der Waals surface area (Å²) >= 11 is 0. The van der Waals surface area contributed by atoms with E-state index in [-0.39, 0.29) is 26.1 Å². The van der Waals surface area contributed by atoms with Crippen LogP contribution in [0.4, 0.5) is 0 Å². The number of allylic oxidation sites excluding steroid dienone is 12. The maximum absolute atomic E-state index is 12.6. The predicted molar refractivity (Wildman–Crippen MR) is 224 cm³/mol. The molecule has 54 heavy (non-hydrogen) atoms. The van der Waals surface area contributed by atoms with Gasteiger partial charge in [-0.25, -0.2) is 4.57 Å². The molecule has 0 aromatic rings. The maximum atomic E-state index is 12.6. The van der Waals surface area contributed by atoms with Crippen LogP contribution in [-0.4, -0.2) is 74.9 Å². The van der Waals surface area contributed by atoms with Gasteiger partial charge in [0.1, 0.15) is 19.8 Å². The fourth-order valence-corrected chi connectivity index (χ4v) is 5.70. The van der Waals surface area contributed by atoms with Crippen LogP contribution in [0.25, 0.3) is 0 Å². The molecule has 2 atom stereocenters. The summed E-state index contributed by atoms with van der Waals surface area (Å²) in [6.45, 7) is 4.19. The highest BCUT2D eigenvalue weighted by Crippen LogP contribution is 2.43. The van der Waals surface area contributed by atoms with Crippen molar-refractivity contribution in [3.05, 3.63) is 72.9 Å². The zero-order valence-electron chi connectivity index (χ0n) is 34.7.